The highest BCUT2D eigenvalue weighted by molar-refractivity contribution is 9.10. The van der Waals surface area contributed by atoms with E-state index in [0.29, 0.717) is 45.1 Å². The number of carbonyl (C=O) groups is 4. The molecule has 4 aliphatic heterocycles. The molecule has 6 heterocycles. The second-order valence-electron chi connectivity index (χ2n) is 18.6. The second kappa shape index (κ2) is 17.8. The molecule has 348 valence electrons. The number of ether oxygens (including phenoxy) is 1. The fourth-order valence-corrected chi connectivity index (χ4v) is 11.3. The molecule has 1 saturated carbocycles. The third-order valence-electron chi connectivity index (χ3n) is 13.5. The van der Waals surface area contributed by atoms with Crippen molar-refractivity contribution in [3.63, 3.8) is 0 Å². The van der Waals surface area contributed by atoms with Gasteiger partial charge in [-0.2, -0.15) is 10.1 Å². The standard InChI is InChI=1S/C48H53BrN11O6P/c1-56-27-31(23-51-56)34-21-38(53-48-50-24-36(49)44(55-48)52-37-10-7-30(29-5-6-29)19-42(37)67(3,4)65)41(66-2)22-40(34)58-17-15-57(16-18-58)25-28-13-14-59(26-28)32-8-9-33-35(20-32)47(64)60(46(33)63)39-11-12-43(61)54-45(39)62/h7-10,19-24,27-29,39H,5-6,11-18,25-26H2,1-4H3,(H,54,61,62)(H2,50,52,53,55). The summed E-state index contributed by atoms with van der Waals surface area (Å²) in [6.07, 6.45) is 9.10. The lowest BCUT2D eigenvalue weighted by atomic mass is 10.0. The molecule has 4 amide bonds. The van der Waals surface area contributed by atoms with E-state index in [9.17, 15) is 23.7 Å². The van der Waals surface area contributed by atoms with Crippen LogP contribution in [0.15, 0.2) is 71.6 Å². The van der Waals surface area contributed by atoms with Crippen LogP contribution in [0.25, 0.3) is 11.1 Å². The third kappa shape index (κ3) is 9.06. The third-order valence-corrected chi connectivity index (χ3v) is 15.6. The molecule has 0 bridgehead atoms. The van der Waals surface area contributed by atoms with E-state index in [4.69, 9.17) is 9.72 Å². The summed E-state index contributed by atoms with van der Waals surface area (Å²) >= 11 is 3.62. The monoisotopic (exact) mass is 989 g/mol. The van der Waals surface area contributed by atoms with Crippen molar-refractivity contribution in [2.75, 3.05) is 86.7 Å². The Morgan fingerprint density at radius 2 is 1.64 bits per heavy atom. The number of aryl methyl sites for hydroxylation is 1. The second-order valence-corrected chi connectivity index (χ2v) is 22.6. The molecule has 17 nitrogen and oxygen atoms in total. The maximum absolute atomic E-state index is 13.5. The molecule has 3 saturated heterocycles. The lowest BCUT2D eigenvalue weighted by molar-refractivity contribution is -0.136. The van der Waals surface area contributed by atoms with Gasteiger partial charge in [-0.25, -0.2) is 4.98 Å². The van der Waals surface area contributed by atoms with Crippen LogP contribution in [0.5, 0.6) is 5.75 Å². The normalized spacial score (nSPS) is 20.1. The highest BCUT2D eigenvalue weighted by Gasteiger charge is 2.45. The van der Waals surface area contributed by atoms with Crippen LogP contribution in [0.2, 0.25) is 0 Å². The number of piperazine rings is 1. The molecule has 19 heteroatoms. The average molecular weight is 991 g/mol. The number of piperidine rings is 1. The number of methoxy groups -OCH3 is 1. The Balaban J connectivity index is 0.811. The number of anilines is 6. The van der Waals surface area contributed by atoms with Gasteiger partial charge in [0.15, 0.2) is 0 Å². The lowest BCUT2D eigenvalue weighted by Gasteiger charge is -2.38. The molecule has 2 atom stereocenters. The zero-order valence-electron chi connectivity index (χ0n) is 37.9. The molecule has 0 spiro atoms. The summed E-state index contributed by atoms with van der Waals surface area (Å²) in [4.78, 5) is 68.7. The molecule has 3 aromatic carbocycles. The van der Waals surface area contributed by atoms with Crippen molar-refractivity contribution in [2.24, 2.45) is 13.0 Å². The van der Waals surface area contributed by atoms with Gasteiger partial charge in [0.05, 0.1) is 40.3 Å². The molecule has 1 aliphatic carbocycles. The van der Waals surface area contributed by atoms with Gasteiger partial charge < -0.3 is 29.7 Å². The van der Waals surface area contributed by atoms with Crippen molar-refractivity contribution < 1.29 is 28.5 Å². The molecule has 5 aromatic rings. The number of aromatic nitrogens is 4. The summed E-state index contributed by atoms with van der Waals surface area (Å²) in [5, 5.41) is 14.4. The maximum Gasteiger partial charge on any atom is 0.262 e. The average Bonchev–Trinajstić information content (AvgIpc) is 3.82. The first-order valence-electron chi connectivity index (χ1n) is 22.8. The Morgan fingerprint density at radius 1 is 0.851 bits per heavy atom. The van der Waals surface area contributed by atoms with Crippen LogP contribution in [-0.4, -0.2) is 125 Å². The van der Waals surface area contributed by atoms with Crippen molar-refractivity contribution in [3.05, 3.63) is 88.3 Å². The number of carbonyl (C=O) groups excluding carboxylic acids is 4. The Hall–Kier alpha value is -6.10. The largest absolute Gasteiger partial charge is 0.494 e. The molecule has 5 aliphatic rings. The van der Waals surface area contributed by atoms with Gasteiger partial charge in [-0.3, -0.25) is 39.0 Å². The SMILES string of the molecule is COc1cc(N2CCN(CC3CCN(c4ccc5c(c4)C(=O)N(C4CCC(=O)NC4=O)C5=O)C3)CC2)c(-c2cnn(C)c2)cc1Nc1ncc(Br)c(Nc2ccc(C3CC3)cc2P(C)(C)=O)n1. The fourth-order valence-electron chi connectivity index (χ4n) is 9.83. The van der Waals surface area contributed by atoms with Crippen LogP contribution >= 0.6 is 23.1 Å². The molecule has 3 N–H and O–H groups in total. The Labute approximate surface area is 397 Å². The molecule has 2 unspecified atom stereocenters. The number of halogens is 1. The maximum atomic E-state index is 13.5. The van der Waals surface area contributed by atoms with E-state index >= 15 is 0 Å². The van der Waals surface area contributed by atoms with Crippen LogP contribution in [0, 0.1) is 5.92 Å². The number of rotatable bonds is 13. The number of imide groups is 2. The van der Waals surface area contributed by atoms with Crippen molar-refractivity contribution in [2.45, 2.75) is 44.1 Å². The summed E-state index contributed by atoms with van der Waals surface area (Å²) < 4.78 is 21.9. The van der Waals surface area contributed by atoms with E-state index in [1.54, 1.807) is 43.5 Å². The van der Waals surface area contributed by atoms with E-state index in [1.165, 1.54) is 5.56 Å². The molecule has 4 fully saturated rings. The fraction of sp³-hybridized carbons (Fsp3) is 0.396. The van der Waals surface area contributed by atoms with E-state index in [2.05, 4.69) is 80.9 Å². The van der Waals surface area contributed by atoms with Gasteiger partial charge in [-0.05, 0) is 109 Å². The quantitative estimate of drug-likeness (QED) is 0.0880. The first-order valence-corrected chi connectivity index (χ1v) is 26.1. The van der Waals surface area contributed by atoms with E-state index in [1.807, 2.05) is 31.6 Å². The molecular weight excluding hydrogens is 937 g/mol. The van der Waals surface area contributed by atoms with Gasteiger partial charge in [-0.1, -0.05) is 6.07 Å². The number of benzene rings is 3. The smallest absolute Gasteiger partial charge is 0.262 e. The van der Waals surface area contributed by atoms with Gasteiger partial charge in [0.25, 0.3) is 11.8 Å². The molecule has 0 radical (unpaired) electrons. The molecule has 2 aromatic heterocycles. The minimum Gasteiger partial charge on any atom is -0.494 e. The van der Waals surface area contributed by atoms with Crippen LogP contribution in [0.1, 0.15) is 64.3 Å². The number of amides is 4. The van der Waals surface area contributed by atoms with E-state index < -0.39 is 36.8 Å². The summed E-state index contributed by atoms with van der Waals surface area (Å²) in [6, 6.07) is 14.7. The van der Waals surface area contributed by atoms with Gasteiger partial charge >= 0.3 is 0 Å². The van der Waals surface area contributed by atoms with Gasteiger partial charge in [-0.15, -0.1) is 0 Å². The van der Waals surface area contributed by atoms with Crippen molar-refractivity contribution >= 4 is 86.5 Å². The van der Waals surface area contributed by atoms with Crippen LogP contribution in [0.4, 0.5) is 34.5 Å². The number of nitrogens with one attached hydrogen (secondary N) is 3. The predicted octanol–water partition coefficient (Wildman–Crippen LogP) is 6.31. The Kier molecular flexibility index (Phi) is 11.9. The van der Waals surface area contributed by atoms with Crippen LogP contribution in [-0.2, 0) is 21.2 Å². The minimum absolute atomic E-state index is 0.0823. The Bertz CT molecular complexity index is 2870. The number of nitrogens with zero attached hydrogens (tertiary/aromatic N) is 8. The van der Waals surface area contributed by atoms with Gasteiger partial charge in [0.1, 0.15) is 24.8 Å². The first-order chi connectivity index (χ1) is 32.2. The molecule has 67 heavy (non-hydrogen) atoms. The zero-order valence-corrected chi connectivity index (χ0v) is 40.4. The van der Waals surface area contributed by atoms with Crippen LogP contribution in [0.3, 0.4) is 0 Å². The van der Waals surface area contributed by atoms with Gasteiger partial charge in [0.2, 0.25) is 17.8 Å². The summed E-state index contributed by atoms with van der Waals surface area (Å²) in [6.45, 7) is 9.54. The molecular formula is C48H53BrN11O6P. The van der Waals surface area contributed by atoms with Crippen LogP contribution < -0.4 is 35.8 Å². The minimum atomic E-state index is -2.61. The number of fused-ring (bicyclic) bond motifs is 1. The zero-order chi connectivity index (χ0) is 46.7. The summed E-state index contributed by atoms with van der Waals surface area (Å²) in [5.74, 6) is 0.487. The number of hydrogen-bond acceptors (Lipinski definition) is 14. The lowest BCUT2D eigenvalue weighted by Crippen LogP contribution is -2.54. The Morgan fingerprint density at radius 3 is 2.36 bits per heavy atom. The highest BCUT2D eigenvalue weighted by Crippen LogP contribution is 2.45. The van der Waals surface area contributed by atoms with Crippen molar-refractivity contribution in [1.82, 2.24) is 34.9 Å². The predicted molar refractivity (Wildman–Crippen MR) is 261 cm³/mol. The topological polar surface area (TPSA) is 187 Å². The summed E-state index contributed by atoms with van der Waals surface area (Å²) in [7, 11) is 0.951. The van der Waals surface area contributed by atoms with Gasteiger partial charge in [0, 0.05) is 106 Å². The summed E-state index contributed by atoms with van der Waals surface area (Å²) in [5.41, 5.74) is 7.12. The number of hydrogen-bond donors (Lipinski definition) is 3. The van der Waals surface area contributed by atoms with Crippen molar-refractivity contribution in [1.29, 1.82) is 0 Å². The highest BCUT2D eigenvalue weighted by atomic mass is 79.9. The van der Waals surface area contributed by atoms with E-state index in [0.717, 1.165) is 103 Å². The first kappa shape index (κ1) is 44.7. The van der Waals surface area contributed by atoms with E-state index in [-0.39, 0.29) is 18.4 Å². The van der Waals surface area contributed by atoms with Crippen molar-refractivity contribution in [3.8, 4) is 16.9 Å². The molecule has 10 rings (SSSR count).